The highest BCUT2D eigenvalue weighted by atomic mass is 32.2. The molecule has 2 aliphatic rings. The average Bonchev–Trinajstić information content (AvgIpc) is 3.18. The van der Waals surface area contributed by atoms with Crippen molar-refractivity contribution in [3.05, 3.63) is 35.4 Å². The summed E-state index contributed by atoms with van der Waals surface area (Å²) >= 11 is 2.08. The Balaban J connectivity index is 1.40. The van der Waals surface area contributed by atoms with Crippen molar-refractivity contribution in [1.29, 1.82) is 0 Å². The summed E-state index contributed by atoms with van der Waals surface area (Å²) in [4.78, 5) is 6.91. The number of nitrogens with one attached hydrogen (secondary N) is 2. The molecular formula is C20H32N4S. The first-order valence-corrected chi connectivity index (χ1v) is 10.7. The van der Waals surface area contributed by atoms with E-state index in [4.69, 9.17) is 0 Å². The zero-order valence-electron chi connectivity index (χ0n) is 15.5. The van der Waals surface area contributed by atoms with Crippen molar-refractivity contribution in [2.75, 3.05) is 32.4 Å². The minimum absolute atomic E-state index is 0.743. The summed E-state index contributed by atoms with van der Waals surface area (Å²) < 4.78 is 0. The maximum atomic E-state index is 4.34. The fourth-order valence-corrected chi connectivity index (χ4v) is 4.76. The Morgan fingerprint density at radius 2 is 1.84 bits per heavy atom. The maximum absolute atomic E-state index is 4.34. The van der Waals surface area contributed by atoms with E-state index in [1.165, 1.54) is 62.1 Å². The Labute approximate surface area is 156 Å². The molecule has 138 valence electrons. The molecule has 2 N–H and O–H groups in total. The first kappa shape index (κ1) is 18.6. The van der Waals surface area contributed by atoms with Gasteiger partial charge in [0.05, 0.1) is 0 Å². The molecule has 0 aliphatic carbocycles. The third kappa shape index (κ3) is 6.23. The molecule has 0 aromatic heterocycles. The van der Waals surface area contributed by atoms with Crippen molar-refractivity contribution in [1.82, 2.24) is 15.5 Å². The molecule has 1 aromatic carbocycles. The van der Waals surface area contributed by atoms with Gasteiger partial charge in [-0.15, -0.1) is 0 Å². The lowest BCUT2D eigenvalue weighted by atomic mass is 10.1. The van der Waals surface area contributed by atoms with Gasteiger partial charge >= 0.3 is 0 Å². The van der Waals surface area contributed by atoms with E-state index in [-0.39, 0.29) is 0 Å². The van der Waals surface area contributed by atoms with E-state index in [0.29, 0.717) is 0 Å². The van der Waals surface area contributed by atoms with Gasteiger partial charge in [0.25, 0.3) is 0 Å². The van der Waals surface area contributed by atoms with Crippen molar-refractivity contribution in [3.8, 4) is 0 Å². The summed E-state index contributed by atoms with van der Waals surface area (Å²) in [5, 5.41) is 7.63. The van der Waals surface area contributed by atoms with Crippen LogP contribution in [0.2, 0.25) is 0 Å². The topological polar surface area (TPSA) is 39.7 Å². The highest BCUT2D eigenvalue weighted by Gasteiger charge is 2.15. The van der Waals surface area contributed by atoms with E-state index in [0.717, 1.165) is 30.8 Å². The van der Waals surface area contributed by atoms with Gasteiger partial charge in [-0.05, 0) is 55.7 Å². The Morgan fingerprint density at radius 1 is 1.08 bits per heavy atom. The van der Waals surface area contributed by atoms with Crippen LogP contribution in [0.1, 0.15) is 43.2 Å². The van der Waals surface area contributed by atoms with Crippen LogP contribution >= 0.6 is 11.8 Å². The van der Waals surface area contributed by atoms with Crippen LogP contribution in [0.15, 0.2) is 29.3 Å². The molecule has 1 aromatic rings. The van der Waals surface area contributed by atoms with Crippen LogP contribution in [0, 0.1) is 0 Å². The van der Waals surface area contributed by atoms with E-state index in [1.807, 2.05) is 7.05 Å². The molecule has 25 heavy (non-hydrogen) atoms. The minimum Gasteiger partial charge on any atom is -0.355 e. The molecule has 0 spiro atoms. The second-order valence-electron chi connectivity index (χ2n) is 7.10. The van der Waals surface area contributed by atoms with Gasteiger partial charge < -0.3 is 10.6 Å². The van der Waals surface area contributed by atoms with Crippen molar-refractivity contribution in [2.45, 2.75) is 50.4 Å². The Morgan fingerprint density at radius 3 is 2.52 bits per heavy atom. The fourth-order valence-electron chi connectivity index (χ4n) is 3.56. The lowest BCUT2D eigenvalue weighted by Gasteiger charge is -2.26. The summed E-state index contributed by atoms with van der Waals surface area (Å²) in [6, 6.07) is 9.03. The van der Waals surface area contributed by atoms with Crippen LogP contribution in [0.5, 0.6) is 0 Å². The molecule has 0 radical (unpaired) electrons. The van der Waals surface area contributed by atoms with Crippen LogP contribution < -0.4 is 10.6 Å². The number of hydrogen-bond acceptors (Lipinski definition) is 3. The predicted octanol–water partition coefficient (Wildman–Crippen LogP) is 3.23. The van der Waals surface area contributed by atoms with Crippen LogP contribution in [0.25, 0.3) is 0 Å². The van der Waals surface area contributed by atoms with Gasteiger partial charge in [-0.1, -0.05) is 30.7 Å². The average molecular weight is 361 g/mol. The summed E-state index contributed by atoms with van der Waals surface area (Å²) in [5.41, 5.74) is 2.73. The monoisotopic (exact) mass is 360 g/mol. The molecule has 5 heteroatoms. The van der Waals surface area contributed by atoms with E-state index in [1.54, 1.807) is 0 Å². The number of aliphatic imine (C=N–C) groups is 1. The zero-order valence-corrected chi connectivity index (χ0v) is 16.3. The number of thioether (sulfide) groups is 1. The standard InChI is InChI=1S/C20H32N4S/c1-21-20(23-15-19-6-5-13-25-19)22-14-17-7-9-18(10-8-17)16-24-11-3-2-4-12-24/h7-10,19H,2-6,11-16H2,1H3,(H2,21,22,23). The molecular weight excluding hydrogens is 328 g/mol. The largest absolute Gasteiger partial charge is 0.355 e. The Bertz CT molecular complexity index is 531. The van der Waals surface area contributed by atoms with Crippen molar-refractivity contribution < 1.29 is 0 Å². The second-order valence-corrected chi connectivity index (χ2v) is 8.50. The predicted molar refractivity (Wildman–Crippen MR) is 109 cm³/mol. The first-order chi connectivity index (χ1) is 12.3. The Kier molecular flexibility index (Phi) is 7.49. The van der Waals surface area contributed by atoms with Crippen LogP contribution in [0.3, 0.4) is 0 Å². The first-order valence-electron chi connectivity index (χ1n) is 9.70. The molecule has 2 fully saturated rings. The highest BCUT2D eigenvalue weighted by molar-refractivity contribution is 8.00. The summed E-state index contributed by atoms with van der Waals surface area (Å²) in [6.45, 7) is 5.44. The molecule has 0 saturated carbocycles. The zero-order chi connectivity index (χ0) is 17.3. The second kappa shape index (κ2) is 10.1. The number of nitrogens with zero attached hydrogens (tertiary/aromatic N) is 2. The number of likely N-dealkylation sites (tertiary alicyclic amines) is 1. The van der Waals surface area contributed by atoms with Gasteiger partial charge in [0.2, 0.25) is 0 Å². The fraction of sp³-hybridized carbons (Fsp3) is 0.650. The maximum Gasteiger partial charge on any atom is 0.191 e. The van der Waals surface area contributed by atoms with Gasteiger partial charge in [0.1, 0.15) is 0 Å². The molecule has 3 rings (SSSR count). The van der Waals surface area contributed by atoms with E-state index in [2.05, 4.69) is 56.6 Å². The van der Waals surface area contributed by atoms with Crippen LogP contribution in [-0.2, 0) is 13.1 Å². The third-order valence-corrected chi connectivity index (χ3v) is 6.48. The molecule has 0 bridgehead atoms. The van der Waals surface area contributed by atoms with Crippen molar-refractivity contribution in [2.24, 2.45) is 4.99 Å². The van der Waals surface area contributed by atoms with Gasteiger partial charge in [-0.2, -0.15) is 11.8 Å². The molecule has 4 nitrogen and oxygen atoms in total. The van der Waals surface area contributed by atoms with Crippen molar-refractivity contribution in [3.63, 3.8) is 0 Å². The lowest BCUT2D eigenvalue weighted by Crippen LogP contribution is -2.39. The number of rotatable bonds is 6. The van der Waals surface area contributed by atoms with Crippen LogP contribution in [-0.4, -0.2) is 48.5 Å². The van der Waals surface area contributed by atoms with Gasteiger partial charge in [-0.25, -0.2) is 0 Å². The summed E-state index contributed by atoms with van der Waals surface area (Å²) in [7, 11) is 1.85. The number of benzene rings is 1. The van der Waals surface area contributed by atoms with Crippen LogP contribution in [0.4, 0.5) is 0 Å². The molecule has 0 amide bonds. The smallest absolute Gasteiger partial charge is 0.191 e. The summed E-state index contributed by atoms with van der Waals surface area (Å²) in [5.74, 6) is 2.22. The van der Waals surface area contributed by atoms with Crippen molar-refractivity contribution >= 4 is 17.7 Å². The lowest BCUT2D eigenvalue weighted by molar-refractivity contribution is 0.221. The molecule has 2 heterocycles. The van der Waals surface area contributed by atoms with E-state index >= 15 is 0 Å². The Hall–Kier alpha value is -1.20. The molecule has 1 unspecified atom stereocenters. The van der Waals surface area contributed by atoms with Gasteiger partial charge in [0.15, 0.2) is 5.96 Å². The molecule has 2 saturated heterocycles. The summed E-state index contributed by atoms with van der Waals surface area (Å²) in [6.07, 6.45) is 6.79. The number of guanidine groups is 1. The van der Waals surface area contributed by atoms with Gasteiger partial charge in [-0.3, -0.25) is 9.89 Å². The molecule has 1 atom stereocenters. The third-order valence-electron chi connectivity index (χ3n) is 5.08. The molecule has 2 aliphatic heterocycles. The SMILES string of the molecule is CN=C(NCc1ccc(CN2CCCCC2)cc1)NCC1CCCS1. The van der Waals surface area contributed by atoms with E-state index in [9.17, 15) is 0 Å². The number of hydrogen-bond donors (Lipinski definition) is 2. The van der Waals surface area contributed by atoms with Gasteiger partial charge in [0, 0.05) is 31.9 Å². The quantitative estimate of drug-likeness (QED) is 0.603. The number of piperidine rings is 1. The van der Waals surface area contributed by atoms with E-state index < -0.39 is 0 Å². The minimum atomic E-state index is 0.743. The normalized spacial score (nSPS) is 22.1. The highest BCUT2D eigenvalue weighted by Crippen LogP contribution is 2.25.